The summed E-state index contributed by atoms with van der Waals surface area (Å²) < 4.78 is 34.2. The van der Waals surface area contributed by atoms with Gasteiger partial charge in [0.05, 0.1) is 0 Å². The summed E-state index contributed by atoms with van der Waals surface area (Å²) in [5.41, 5.74) is 0. The van der Waals surface area contributed by atoms with Gasteiger partial charge in [0, 0.05) is 0 Å². The molecule has 0 saturated carbocycles. The van der Waals surface area contributed by atoms with E-state index in [4.69, 9.17) is 136 Å². The molecule has 0 rings (SSSR count). The van der Waals surface area contributed by atoms with Gasteiger partial charge in [0.25, 0.3) is 0 Å². The number of hydrogen-bond donors (Lipinski definition) is 12. The van der Waals surface area contributed by atoms with Crippen molar-refractivity contribution in [1.29, 1.82) is 0 Å². The maximum absolute atomic E-state index is 8.55. The van der Waals surface area contributed by atoms with E-state index in [1.807, 2.05) is 0 Å². The average Bonchev–Trinajstić information content (AvgIpc) is 2.24. The van der Waals surface area contributed by atoms with E-state index in [1.165, 1.54) is 0 Å². The van der Waals surface area contributed by atoms with Crippen LogP contribution >= 0.6 is 65.7 Å². The molecule has 0 atom stereocenters. The van der Waals surface area contributed by atoms with E-state index in [1.54, 1.807) is 0 Å². The van der Waals surface area contributed by atoms with E-state index in [2.05, 4.69) is 0 Å². The Morgan fingerprint density at radius 1 is 0.282 bits per heavy atom. The Kier molecular flexibility index (Phi) is 84.7. The SMILES string of the molecule is O=P([O-])([O-])[O-].O=P([O-])([O-])[O-].O=P([O-])([O-])[O-].O=P([O-])([O-])[O-].OP(O)O.OP(O)O.OP(O)O.OP(O)O.[Zr+4].[Zr+4].[Zr+4]. The maximum atomic E-state index is 8.55. The van der Waals surface area contributed by atoms with Crippen LogP contribution in [0.5, 0.6) is 0 Å². The predicted molar refractivity (Wildman–Crippen MR) is 84.7 cm³/mol. The summed E-state index contributed by atoms with van der Waals surface area (Å²) in [5.74, 6) is 0. The molecule has 0 aliphatic heterocycles. The van der Waals surface area contributed by atoms with Gasteiger partial charge < -0.3 is 136 Å². The van der Waals surface area contributed by atoms with E-state index in [0.29, 0.717) is 0 Å². The van der Waals surface area contributed by atoms with Crippen LogP contribution < -0.4 is 58.7 Å². The van der Waals surface area contributed by atoms with Crippen molar-refractivity contribution in [3.63, 3.8) is 0 Å². The molecule has 232 valence electrons. The van der Waals surface area contributed by atoms with Crippen molar-refractivity contribution in [3.05, 3.63) is 0 Å². The second-order valence-electron chi connectivity index (χ2n) is 2.86. The molecule has 28 nitrogen and oxygen atoms in total. The quantitative estimate of drug-likeness (QED) is 0.100. The summed E-state index contributed by atoms with van der Waals surface area (Å²) in [6.45, 7) is 0. The first-order valence-corrected chi connectivity index (χ1v) is 16.0. The van der Waals surface area contributed by atoms with Crippen molar-refractivity contribution in [3.8, 4) is 0 Å². The van der Waals surface area contributed by atoms with Crippen molar-refractivity contribution in [2.45, 2.75) is 0 Å². The van der Waals surface area contributed by atoms with Crippen molar-refractivity contribution >= 4 is 65.7 Å². The molecule has 0 aromatic heterocycles. The van der Waals surface area contributed by atoms with Crippen molar-refractivity contribution < 1.29 is 214 Å². The van der Waals surface area contributed by atoms with Gasteiger partial charge in [-0.1, -0.05) is 0 Å². The minimum atomic E-state index is -5.39. The Labute approximate surface area is 277 Å². The van der Waals surface area contributed by atoms with Crippen LogP contribution in [0.15, 0.2) is 0 Å². The number of hydrogen-bond acceptors (Lipinski definition) is 28. The van der Waals surface area contributed by atoms with Crippen LogP contribution in [-0.2, 0) is 96.9 Å². The molecule has 12 N–H and O–H groups in total. The fraction of sp³-hybridized carbons (Fsp3) is 0. The molecule has 0 spiro atoms. The van der Waals surface area contributed by atoms with Crippen LogP contribution in [0.3, 0.4) is 0 Å². The van der Waals surface area contributed by atoms with Gasteiger partial charge in [-0.3, -0.25) is 0 Å². The second-order valence-corrected chi connectivity index (χ2v) is 8.59. The summed E-state index contributed by atoms with van der Waals surface area (Å²) in [6.07, 6.45) is 0. The fourth-order valence-electron chi connectivity index (χ4n) is 0. The molecular formula is H12O28P8Zr3. The van der Waals surface area contributed by atoms with E-state index in [0.717, 1.165) is 0 Å². The zero-order chi connectivity index (χ0) is 32.3. The van der Waals surface area contributed by atoms with E-state index >= 15 is 0 Å². The van der Waals surface area contributed by atoms with Crippen molar-refractivity contribution in [2.75, 3.05) is 0 Å². The second kappa shape index (κ2) is 44.5. The van der Waals surface area contributed by atoms with E-state index < -0.39 is 65.7 Å². The minimum Gasteiger partial charge on any atom is -0.822 e. The Balaban J connectivity index is -0.0000000253. The summed E-state index contributed by atoms with van der Waals surface area (Å²) in [6, 6.07) is 0. The van der Waals surface area contributed by atoms with Gasteiger partial charge in [-0.2, -0.15) is 31.3 Å². The number of rotatable bonds is 0. The van der Waals surface area contributed by atoms with E-state index in [-0.39, 0.29) is 78.6 Å². The zero-order valence-corrected chi connectivity index (χ0v) is 31.5. The molecule has 0 bridgehead atoms. The molecule has 39 heteroatoms. The van der Waals surface area contributed by atoms with Crippen LogP contribution in [0.2, 0.25) is 0 Å². The minimum absolute atomic E-state index is 0. The maximum Gasteiger partial charge on any atom is 4.00 e. The molecule has 0 radical (unpaired) electrons. The first-order valence-electron chi connectivity index (χ1n) is 5.32. The molecule has 0 aliphatic rings. The Morgan fingerprint density at radius 2 is 0.282 bits per heavy atom. The largest absolute Gasteiger partial charge is 4.00 e. The van der Waals surface area contributed by atoms with E-state index in [9.17, 15) is 0 Å². The molecule has 0 unspecified atom stereocenters. The van der Waals surface area contributed by atoms with Gasteiger partial charge >= 0.3 is 113 Å². The Bertz CT molecular complexity index is 432. The van der Waals surface area contributed by atoms with Gasteiger partial charge in [0.15, 0.2) is 0 Å². The first-order chi connectivity index (χ1) is 14.9. The average molecular weight is 982 g/mol. The third-order valence-corrected chi connectivity index (χ3v) is 0. The summed E-state index contributed by atoms with van der Waals surface area (Å²) in [4.78, 5) is 189. The topological polar surface area (TPSA) is 588 Å². The molecule has 0 saturated heterocycles. The van der Waals surface area contributed by atoms with Crippen LogP contribution in [0.1, 0.15) is 0 Å². The normalized spacial score (nSPS) is 9.74. The summed E-state index contributed by atoms with van der Waals surface area (Å²) in [5, 5.41) is 0. The molecular weight excluding hydrogens is 969 g/mol. The Morgan fingerprint density at radius 3 is 0.282 bits per heavy atom. The van der Waals surface area contributed by atoms with Crippen LogP contribution in [0.4, 0.5) is 0 Å². The van der Waals surface area contributed by atoms with Crippen LogP contribution in [-0.4, -0.2) is 58.7 Å². The van der Waals surface area contributed by atoms with Crippen LogP contribution in [0.25, 0.3) is 0 Å². The van der Waals surface area contributed by atoms with Gasteiger partial charge in [-0.05, 0) is 0 Å². The standard InChI is InChI=1S/4H3O4P.4H3O3P.3Zr/c4*1-5(2,3)4;4*1-4(2)3;;;/h4*(H3,1,2,3,4);4*1-3H;;;/q;;;;;;;;3*+4/p-12. The first kappa shape index (κ1) is 74.3. The molecule has 0 aromatic rings. The molecule has 39 heavy (non-hydrogen) atoms. The molecule has 0 aliphatic carbocycles. The third kappa shape index (κ3) is 3670. The Hall–Kier alpha value is 4.33. The molecule has 0 fully saturated rings. The predicted octanol–water partition coefficient (Wildman–Crippen LogP) is -14.5. The van der Waals surface area contributed by atoms with Gasteiger partial charge in [-0.15, -0.1) is 0 Å². The summed E-state index contributed by atoms with van der Waals surface area (Å²) in [7, 11) is -32.0. The molecule has 0 heterocycles. The smallest absolute Gasteiger partial charge is 0.822 e. The van der Waals surface area contributed by atoms with Crippen molar-refractivity contribution in [2.24, 2.45) is 0 Å². The van der Waals surface area contributed by atoms with Crippen molar-refractivity contribution in [1.82, 2.24) is 0 Å². The number of phosphoric acid groups is 4. The van der Waals surface area contributed by atoms with Gasteiger partial charge in [-0.25, -0.2) is 0 Å². The zero-order valence-electron chi connectivity index (χ0n) is 17.0. The summed E-state index contributed by atoms with van der Waals surface area (Å²) >= 11 is 0. The third-order valence-electron chi connectivity index (χ3n) is 0. The molecule has 0 aromatic carbocycles. The monoisotopic (exact) mass is 977 g/mol. The van der Waals surface area contributed by atoms with Gasteiger partial charge in [0.2, 0.25) is 0 Å². The van der Waals surface area contributed by atoms with Gasteiger partial charge in [0.1, 0.15) is 0 Å². The molecule has 0 amide bonds. The fourth-order valence-corrected chi connectivity index (χ4v) is 0. The van der Waals surface area contributed by atoms with Crippen LogP contribution in [0, 0.1) is 0 Å².